The number of pyridine rings is 1. The van der Waals surface area contributed by atoms with Gasteiger partial charge in [0.1, 0.15) is 12.4 Å². The third-order valence-corrected chi connectivity index (χ3v) is 5.72. The average Bonchev–Trinajstić information content (AvgIpc) is 3.16. The number of nitro benzene ring substituents is 1. The normalized spacial score (nSPS) is 10.9. The molecule has 0 saturated heterocycles. The predicted molar refractivity (Wildman–Crippen MR) is 127 cm³/mol. The molecule has 8 heteroatoms. The fraction of sp³-hybridized carbons (Fsp3) is 0.154. The number of hydrogen-bond donors (Lipinski definition) is 1. The lowest BCUT2D eigenvalue weighted by atomic mass is 9.98. The van der Waals surface area contributed by atoms with E-state index in [0.29, 0.717) is 34.5 Å². The van der Waals surface area contributed by atoms with Crippen LogP contribution in [0.25, 0.3) is 5.52 Å². The minimum absolute atomic E-state index is 0.0150. The van der Waals surface area contributed by atoms with Gasteiger partial charge in [-0.1, -0.05) is 55.5 Å². The van der Waals surface area contributed by atoms with E-state index >= 15 is 0 Å². The molecule has 2 N–H and O–H groups in total. The van der Waals surface area contributed by atoms with E-state index in [1.807, 2.05) is 37.3 Å². The molecule has 34 heavy (non-hydrogen) atoms. The highest BCUT2D eigenvalue weighted by molar-refractivity contribution is 6.44. The zero-order chi connectivity index (χ0) is 24.2. The molecule has 0 atom stereocenters. The first-order valence-electron chi connectivity index (χ1n) is 10.8. The molecule has 0 bridgehead atoms. The van der Waals surface area contributed by atoms with Crippen molar-refractivity contribution in [3.63, 3.8) is 0 Å². The van der Waals surface area contributed by atoms with Gasteiger partial charge in [0, 0.05) is 29.9 Å². The Bertz CT molecular complexity index is 1390. The summed E-state index contributed by atoms with van der Waals surface area (Å²) in [5.74, 6) is -1.48. The summed E-state index contributed by atoms with van der Waals surface area (Å²) in [4.78, 5) is 36.0. The highest BCUT2D eigenvalue weighted by Crippen LogP contribution is 2.34. The summed E-state index contributed by atoms with van der Waals surface area (Å²) in [6, 6.07) is 19.5. The van der Waals surface area contributed by atoms with Crippen LogP contribution in [0.5, 0.6) is 5.75 Å². The summed E-state index contributed by atoms with van der Waals surface area (Å²) in [5.41, 5.74) is 8.69. The third-order valence-electron chi connectivity index (χ3n) is 5.72. The first kappa shape index (κ1) is 22.7. The molecule has 4 aromatic rings. The van der Waals surface area contributed by atoms with Gasteiger partial charge in [0.2, 0.25) is 0 Å². The number of nitrogens with two attached hydrogens (primary N) is 1. The van der Waals surface area contributed by atoms with Crippen molar-refractivity contribution in [2.75, 3.05) is 0 Å². The maximum atomic E-state index is 13.0. The highest BCUT2D eigenvalue weighted by Gasteiger charge is 2.28. The molecule has 0 radical (unpaired) electrons. The van der Waals surface area contributed by atoms with Gasteiger partial charge in [-0.2, -0.15) is 0 Å². The Morgan fingerprint density at radius 2 is 1.74 bits per heavy atom. The van der Waals surface area contributed by atoms with Crippen molar-refractivity contribution in [1.29, 1.82) is 0 Å². The number of amides is 1. The van der Waals surface area contributed by atoms with E-state index in [1.54, 1.807) is 40.9 Å². The lowest BCUT2D eigenvalue weighted by molar-refractivity contribution is -0.385. The van der Waals surface area contributed by atoms with Gasteiger partial charge in [-0.15, -0.1) is 0 Å². The number of hydrogen-bond acceptors (Lipinski definition) is 5. The highest BCUT2D eigenvalue weighted by atomic mass is 16.6. The summed E-state index contributed by atoms with van der Waals surface area (Å²) in [6.45, 7) is 2.12. The Hall–Kier alpha value is -4.46. The second kappa shape index (κ2) is 9.58. The van der Waals surface area contributed by atoms with E-state index in [0.717, 1.165) is 5.56 Å². The molecule has 2 aromatic carbocycles. The maximum Gasteiger partial charge on any atom is 0.289 e. The molecule has 1 amide bonds. The Morgan fingerprint density at radius 3 is 2.41 bits per heavy atom. The third kappa shape index (κ3) is 4.25. The largest absolute Gasteiger partial charge is 0.487 e. The summed E-state index contributed by atoms with van der Waals surface area (Å²) in [5, 5.41) is 11.6. The Labute approximate surface area is 195 Å². The lowest BCUT2D eigenvalue weighted by Gasteiger charge is -2.11. The number of ether oxygens (including phenoxy) is 1. The SMILES string of the molecule is CCc1c(C(=O)C(N)=O)c2c(OCc3ccccc3)cccn2c1Cc1ccccc1[N+](=O)[O-]. The molecule has 0 saturated carbocycles. The van der Waals surface area contributed by atoms with Crippen molar-refractivity contribution >= 4 is 22.9 Å². The molecule has 0 spiro atoms. The average molecular weight is 457 g/mol. The Morgan fingerprint density at radius 1 is 1.03 bits per heavy atom. The zero-order valence-electron chi connectivity index (χ0n) is 18.6. The van der Waals surface area contributed by atoms with Crippen molar-refractivity contribution in [3.05, 3.63) is 111 Å². The fourth-order valence-corrected chi connectivity index (χ4v) is 4.20. The first-order chi connectivity index (χ1) is 16.4. The van der Waals surface area contributed by atoms with Gasteiger partial charge in [-0.3, -0.25) is 19.7 Å². The zero-order valence-corrected chi connectivity index (χ0v) is 18.6. The van der Waals surface area contributed by atoms with E-state index in [-0.39, 0.29) is 24.3 Å². The van der Waals surface area contributed by atoms with E-state index < -0.39 is 16.6 Å². The molecular weight excluding hydrogens is 434 g/mol. The van der Waals surface area contributed by atoms with Crippen LogP contribution in [-0.4, -0.2) is 21.0 Å². The molecule has 2 aromatic heterocycles. The molecule has 172 valence electrons. The van der Waals surface area contributed by atoms with Gasteiger partial charge in [-0.25, -0.2) is 0 Å². The maximum absolute atomic E-state index is 13.0. The van der Waals surface area contributed by atoms with Crippen molar-refractivity contribution < 1.29 is 19.2 Å². The summed E-state index contributed by atoms with van der Waals surface area (Å²) >= 11 is 0. The number of rotatable bonds is 9. The van der Waals surface area contributed by atoms with Gasteiger partial charge in [0.05, 0.1) is 16.0 Å². The van der Waals surface area contributed by atoms with Crippen LogP contribution in [0, 0.1) is 10.1 Å². The van der Waals surface area contributed by atoms with Crippen LogP contribution in [0.2, 0.25) is 0 Å². The number of Topliss-reactive ketones (excluding diaryl/α,β-unsaturated/α-hetero) is 1. The number of ketones is 1. The smallest absolute Gasteiger partial charge is 0.289 e. The van der Waals surface area contributed by atoms with E-state index in [4.69, 9.17) is 10.5 Å². The molecular formula is C26H23N3O5. The van der Waals surface area contributed by atoms with Gasteiger partial charge in [0.15, 0.2) is 0 Å². The monoisotopic (exact) mass is 457 g/mol. The number of primary amides is 1. The summed E-state index contributed by atoms with van der Waals surface area (Å²) in [6.07, 6.45) is 2.37. The number of aromatic nitrogens is 1. The quantitative estimate of drug-likeness (QED) is 0.175. The number of nitro groups is 1. The lowest BCUT2D eigenvalue weighted by Crippen LogP contribution is -2.24. The first-order valence-corrected chi connectivity index (χ1v) is 10.8. The van der Waals surface area contributed by atoms with Crippen LogP contribution in [0.3, 0.4) is 0 Å². The minimum atomic E-state index is -1.07. The summed E-state index contributed by atoms with van der Waals surface area (Å²) < 4.78 is 7.84. The van der Waals surface area contributed by atoms with Crippen molar-refractivity contribution in [1.82, 2.24) is 4.40 Å². The predicted octanol–water partition coefficient (Wildman–Crippen LogP) is 4.25. The molecule has 0 fully saturated rings. The van der Waals surface area contributed by atoms with Crippen molar-refractivity contribution in [3.8, 4) is 5.75 Å². The molecule has 8 nitrogen and oxygen atoms in total. The second-order valence-electron chi connectivity index (χ2n) is 7.78. The van der Waals surface area contributed by atoms with Gasteiger partial charge in [-0.05, 0) is 29.7 Å². The van der Waals surface area contributed by atoms with E-state index in [1.165, 1.54) is 6.07 Å². The van der Waals surface area contributed by atoms with Crippen LogP contribution >= 0.6 is 0 Å². The van der Waals surface area contributed by atoms with Gasteiger partial charge >= 0.3 is 0 Å². The number of carbonyl (C=O) groups excluding carboxylic acids is 2. The number of benzene rings is 2. The van der Waals surface area contributed by atoms with Gasteiger partial charge in [0.25, 0.3) is 17.4 Å². The van der Waals surface area contributed by atoms with Crippen LogP contribution in [0.1, 0.15) is 39.7 Å². The molecule has 2 heterocycles. The molecule has 4 rings (SSSR count). The van der Waals surface area contributed by atoms with Crippen molar-refractivity contribution in [2.45, 2.75) is 26.4 Å². The summed E-state index contributed by atoms with van der Waals surface area (Å²) in [7, 11) is 0. The van der Waals surface area contributed by atoms with Crippen LogP contribution < -0.4 is 10.5 Å². The molecule has 0 unspecified atom stereocenters. The van der Waals surface area contributed by atoms with Crippen LogP contribution in [0.4, 0.5) is 5.69 Å². The number of nitrogens with zero attached hydrogens (tertiary/aromatic N) is 2. The Kier molecular flexibility index (Phi) is 6.40. The van der Waals surface area contributed by atoms with E-state index in [2.05, 4.69) is 0 Å². The molecule has 0 aliphatic rings. The van der Waals surface area contributed by atoms with Crippen LogP contribution in [0.15, 0.2) is 72.9 Å². The van der Waals surface area contributed by atoms with Crippen LogP contribution in [-0.2, 0) is 24.2 Å². The topological polar surface area (TPSA) is 117 Å². The number of fused-ring (bicyclic) bond motifs is 1. The molecule has 0 aliphatic heterocycles. The number of para-hydroxylation sites is 1. The second-order valence-corrected chi connectivity index (χ2v) is 7.78. The van der Waals surface area contributed by atoms with Gasteiger partial charge < -0.3 is 14.9 Å². The number of carbonyl (C=O) groups is 2. The molecule has 0 aliphatic carbocycles. The van der Waals surface area contributed by atoms with E-state index in [9.17, 15) is 19.7 Å². The van der Waals surface area contributed by atoms with Crippen molar-refractivity contribution in [2.24, 2.45) is 5.73 Å². The minimum Gasteiger partial charge on any atom is -0.487 e. The Balaban J connectivity index is 1.90. The standard InChI is InChI=1S/C26H23N3O5/c1-2-19-21(15-18-11-6-7-12-20(18)29(32)33)28-14-8-13-22(24(28)23(19)25(30)26(27)31)34-16-17-9-4-3-5-10-17/h3-14H,2,15-16H2,1H3,(H2,27,31). The fourth-order valence-electron chi connectivity index (χ4n) is 4.20.